The minimum atomic E-state index is -1.05. The predicted molar refractivity (Wildman–Crippen MR) is 74.6 cm³/mol. The van der Waals surface area contributed by atoms with Crippen molar-refractivity contribution in [1.29, 1.82) is 0 Å². The summed E-state index contributed by atoms with van der Waals surface area (Å²) in [4.78, 5) is 23.5. The van der Waals surface area contributed by atoms with Gasteiger partial charge in [-0.25, -0.2) is 0 Å². The van der Waals surface area contributed by atoms with Crippen LogP contribution in [-0.2, 0) is 19.1 Å². The fourth-order valence-corrected chi connectivity index (χ4v) is 2.06. The third kappa shape index (κ3) is 3.67. The number of methoxy groups -OCH3 is 2. The van der Waals surface area contributed by atoms with Gasteiger partial charge in [0.15, 0.2) is 5.92 Å². The summed E-state index contributed by atoms with van der Waals surface area (Å²) < 4.78 is 10.2. The van der Waals surface area contributed by atoms with Crippen LogP contribution >= 0.6 is 15.9 Å². The van der Waals surface area contributed by atoms with Gasteiger partial charge in [0.1, 0.15) is 0 Å². The summed E-state index contributed by atoms with van der Waals surface area (Å²) in [6.07, 6.45) is 1.54. The van der Waals surface area contributed by atoms with Gasteiger partial charge in [-0.3, -0.25) is 9.59 Å². The molecule has 19 heavy (non-hydrogen) atoms. The van der Waals surface area contributed by atoms with E-state index in [2.05, 4.69) is 32.0 Å². The molecular weight excluding hydrogens is 312 g/mol. The van der Waals surface area contributed by atoms with Gasteiger partial charge in [-0.1, -0.05) is 34.1 Å². The first-order valence-corrected chi connectivity index (χ1v) is 6.38. The Bertz CT molecular complexity index is 451. The molecule has 1 rings (SSSR count). The maximum atomic E-state index is 11.8. The van der Waals surface area contributed by atoms with Crippen LogP contribution < -0.4 is 0 Å². The van der Waals surface area contributed by atoms with E-state index in [1.807, 2.05) is 24.3 Å². The second-order valence-electron chi connectivity index (χ2n) is 3.84. The Labute approximate surface area is 120 Å². The minimum Gasteiger partial charge on any atom is -0.468 e. The SMILES string of the molecule is C=CC(c1ccc(Br)cc1)C(C(=O)OC)C(=O)OC. The van der Waals surface area contributed by atoms with Crippen LogP contribution in [0.5, 0.6) is 0 Å². The van der Waals surface area contributed by atoms with E-state index in [9.17, 15) is 9.59 Å². The van der Waals surface area contributed by atoms with Crippen molar-refractivity contribution in [3.8, 4) is 0 Å². The molecule has 4 nitrogen and oxygen atoms in total. The fourth-order valence-electron chi connectivity index (χ4n) is 1.79. The molecule has 0 saturated heterocycles. The molecular formula is C14H15BrO4. The summed E-state index contributed by atoms with van der Waals surface area (Å²) in [6, 6.07) is 7.29. The van der Waals surface area contributed by atoms with E-state index in [0.29, 0.717) is 0 Å². The molecule has 0 aliphatic carbocycles. The Balaban J connectivity index is 3.16. The Hall–Kier alpha value is -1.62. The van der Waals surface area contributed by atoms with E-state index in [0.717, 1.165) is 10.0 Å². The van der Waals surface area contributed by atoms with E-state index in [1.54, 1.807) is 6.08 Å². The molecule has 0 saturated carbocycles. The highest BCUT2D eigenvalue weighted by Crippen LogP contribution is 2.29. The van der Waals surface area contributed by atoms with Crippen molar-refractivity contribution < 1.29 is 19.1 Å². The van der Waals surface area contributed by atoms with Crippen LogP contribution in [0.1, 0.15) is 11.5 Å². The minimum absolute atomic E-state index is 0.493. The number of carbonyl (C=O) groups is 2. The van der Waals surface area contributed by atoms with Gasteiger partial charge >= 0.3 is 11.9 Å². The van der Waals surface area contributed by atoms with Crippen molar-refractivity contribution >= 4 is 27.9 Å². The zero-order valence-corrected chi connectivity index (χ0v) is 12.3. The molecule has 0 aliphatic heterocycles. The number of ether oxygens (including phenoxy) is 2. The Morgan fingerprint density at radius 2 is 1.63 bits per heavy atom. The van der Waals surface area contributed by atoms with Crippen LogP contribution in [0.4, 0.5) is 0 Å². The molecule has 1 unspecified atom stereocenters. The number of carbonyl (C=O) groups excluding carboxylic acids is 2. The van der Waals surface area contributed by atoms with Crippen LogP contribution in [0.3, 0.4) is 0 Å². The van der Waals surface area contributed by atoms with Crippen molar-refractivity contribution in [3.63, 3.8) is 0 Å². The molecule has 0 heterocycles. The van der Waals surface area contributed by atoms with E-state index < -0.39 is 23.8 Å². The Kier molecular flexibility index (Phi) is 5.76. The van der Waals surface area contributed by atoms with Crippen LogP contribution in [0.15, 0.2) is 41.4 Å². The molecule has 5 heteroatoms. The summed E-state index contributed by atoms with van der Waals surface area (Å²) in [6.45, 7) is 3.69. The number of benzene rings is 1. The van der Waals surface area contributed by atoms with Gasteiger partial charge in [-0.05, 0) is 17.7 Å². The molecule has 1 atom stereocenters. The van der Waals surface area contributed by atoms with Gasteiger partial charge in [0.05, 0.1) is 14.2 Å². The molecule has 1 aromatic carbocycles. The smallest absolute Gasteiger partial charge is 0.321 e. The first kappa shape index (κ1) is 15.4. The monoisotopic (exact) mass is 326 g/mol. The van der Waals surface area contributed by atoms with Gasteiger partial charge in [-0.2, -0.15) is 0 Å². The molecule has 0 radical (unpaired) electrons. The second-order valence-corrected chi connectivity index (χ2v) is 4.75. The average molecular weight is 327 g/mol. The van der Waals surface area contributed by atoms with Gasteiger partial charge in [-0.15, -0.1) is 6.58 Å². The molecule has 0 fully saturated rings. The van der Waals surface area contributed by atoms with Gasteiger partial charge in [0, 0.05) is 10.4 Å². The van der Waals surface area contributed by atoms with E-state index in [4.69, 9.17) is 0 Å². The molecule has 0 N–H and O–H groups in total. The number of hydrogen-bond acceptors (Lipinski definition) is 4. The maximum absolute atomic E-state index is 11.8. The van der Waals surface area contributed by atoms with Crippen molar-refractivity contribution in [3.05, 3.63) is 47.0 Å². The van der Waals surface area contributed by atoms with E-state index in [-0.39, 0.29) is 0 Å². The highest BCUT2D eigenvalue weighted by Gasteiger charge is 2.36. The first-order chi connectivity index (χ1) is 9.04. The molecule has 0 amide bonds. The molecule has 1 aromatic rings. The highest BCUT2D eigenvalue weighted by molar-refractivity contribution is 9.10. The van der Waals surface area contributed by atoms with Crippen molar-refractivity contribution in [2.75, 3.05) is 14.2 Å². The Morgan fingerprint density at radius 3 is 2.00 bits per heavy atom. The lowest BCUT2D eigenvalue weighted by Crippen LogP contribution is -2.31. The number of hydrogen-bond donors (Lipinski definition) is 0. The largest absolute Gasteiger partial charge is 0.468 e. The second kappa shape index (κ2) is 7.09. The van der Waals surface area contributed by atoms with Crippen molar-refractivity contribution in [2.24, 2.45) is 5.92 Å². The lowest BCUT2D eigenvalue weighted by molar-refractivity contribution is -0.159. The predicted octanol–water partition coefficient (Wildman–Crippen LogP) is 2.68. The molecule has 0 bridgehead atoms. The summed E-state index contributed by atoms with van der Waals surface area (Å²) in [5, 5.41) is 0. The quantitative estimate of drug-likeness (QED) is 0.474. The zero-order valence-electron chi connectivity index (χ0n) is 10.8. The lowest BCUT2D eigenvalue weighted by atomic mass is 9.86. The van der Waals surface area contributed by atoms with Crippen LogP contribution in [0, 0.1) is 5.92 Å². The van der Waals surface area contributed by atoms with E-state index >= 15 is 0 Å². The van der Waals surface area contributed by atoms with Gasteiger partial charge in [0.2, 0.25) is 0 Å². The average Bonchev–Trinajstić information content (AvgIpc) is 2.44. The van der Waals surface area contributed by atoms with Crippen molar-refractivity contribution in [1.82, 2.24) is 0 Å². The third-order valence-electron chi connectivity index (χ3n) is 2.78. The topological polar surface area (TPSA) is 52.6 Å². The van der Waals surface area contributed by atoms with Gasteiger partial charge in [0.25, 0.3) is 0 Å². The van der Waals surface area contributed by atoms with Crippen LogP contribution in [0.25, 0.3) is 0 Å². The number of rotatable bonds is 5. The van der Waals surface area contributed by atoms with Crippen LogP contribution in [0.2, 0.25) is 0 Å². The standard InChI is InChI=1S/C14H15BrO4/c1-4-11(9-5-7-10(15)8-6-9)12(13(16)18-2)14(17)19-3/h4-8,11-12H,1H2,2-3H3. The third-order valence-corrected chi connectivity index (χ3v) is 3.31. The molecule has 102 valence electrons. The molecule has 0 aromatic heterocycles. The van der Waals surface area contributed by atoms with Gasteiger partial charge < -0.3 is 9.47 Å². The Morgan fingerprint density at radius 1 is 1.16 bits per heavy atom. The number of halogens is 1. The maximum Gasteiger partial charge on any atom is 0.321 e. The fraction of sp³-hybridized carbons (Fsp3) is 0.286. The van der Waals surface area contributed by atoms with Crippen molar-refractivity contribution in [2.45, 2.75) is 5.92 Å². The molecule has 0 aliphatic rings. The molecule has 0 spiro atoms. The number of allylic oxidation sites excluding steroid dienone is 1. The summed E-state index contributed by atoms with van der Waals surface area (Å²) >= 11 is 3.33. The summed E-state index contributed by atoms with van der Waals surface area (Å²) in [7, 11) is 2.47. The first-order valence-electron chi connectivity index (χ1n) is 5.58. The summed E-state index contributed by atoms with van der Waals surface area (Å²) in [5.74, 6) is -2.82. The normalized spacial score (nSPS) is 11.8. The van der Waals surface area contributed by atoms with Crippen LogP contribution in [-0.4, -0.2) is 26.2 Å². The highest BCUT2D eigenvalue weighted by atomic mass is 79.9. The number of esters is 2. The zero-order chi connectivity index (χ0) is 14.4. The van der Waals surface area contributed by atoms with E-state index in [1.165, 1.54) is 14.2 Å². The lowest BCUT2D eigenvalue weighted by Gasteiger charge is -2.20. The summed E-state index contributed by atoms with van der Waals surface area (Å²) in [5.41, 5.74) is 0.791.